The number of cyclic esters (lactones) is 1. The first-order valence-electron chi connectivity index (χ1n) is 9.57. The van der Waals surface area contributed by atoms with Gasteiger partial charge in [0.25, 0.3) is 0 Å². The maximum absolute atomic E-state index is 13.9. The topological polar surface area (TPSA) is 46.6 Å². The van der Waals surface area contributed by atoms with E-state index >= 15 is 0 Å². The highest BCUT2D eigenvalue weighted by atomic mass is 19.1. The zero-order valence-corrected chi connectivity index (χ0v) is 16.0. The van der Waals surface area contributed by atoms with Crippen LogP contribution in [0.4, 0.5) is 13.6 Å². The van der Waals surface area contributed by atoms with Crippen molar-refractivity contribution in [2.75, 3.05) is 6.61 Å². The Morgan fingerprint density at radius 2 is 1.67 bits per heavy atom. The molecule has 0 radical (unpaired) electrons. The zero-order valence-electron chi connectivity index (χ0n) is 16.0. The SMILES string of the molecule is O=C(CC(c1ccc(F)cc1)c1cccc(F)c1)N1C(=O)OCC1c1ccccc1. The smallest absolute Gasteiger partial charge is 0.417 e. The Morgan fingerprint density at radius 1 is 0.933 bits per heavy atom. The van der Waals surface area contributed by atoms with E-state index in [1.54, 1.807) is 24.3 Å². The minimum atomic E-state index is -0.703. The predicted molar refractivity (Wildman–Crippen MR) is 107 cm³/mol. The van der Waals surface area contributed by atoms with Crippen LogP contribution in [0.5, 0.6) is 0 Å². The lowest BCUT2D eigenvalue weighted by Gasteiger charge is -2.24. The fraction of sp³-hybridized carbons (Fsp3) is 0.167. The first-order valence-corrected chi connectivity index (χ1v) is 9.57. The van der Waals surface area contributed by atoms with Crippen molar-refractivity contribution >= 4 is 12.0 Å². The molecule has 2 unspecified atom stereocenters. The van der Waals surface area contributed by atoms with Crippen LogP contribution in [0.2, 0.25) is 0 Å². The minimum absolute atomic E-state index is 0.0791. The molecular formula is C24H19F2NO3. The van der Waals surface area contributed by atoms with Crippen LogP contribution in [0.3, 0.4) is 0 Å². The van der Waals surface area contributed by atoms with Gasteiger partial charge in [0, 0.05) is 12.3 Å². The van der Waals surface area contributed by atoms with Gasteiger partial charge in [0.2, 0.25) is 5.91 Å². The Bertz CT molecular complexity index is 1050. The number of carbonyl (C=O) groups is 2. The van der Waals surface area contributed by atoms with Crippen LogP contribution >= 0.6 is 0 Å². The van der Waals surface area contributed by atoms with E-state index in [9.17, 15) is 18.4 Å². The van der Waals surface area contributed by atoms with Gasteiger partial charge in [0.05, 0.1) is 0 Å². The summed E-state index contributed by atoms with van der Waals surface area (Å²) in [7, 11) is 0. The Labute approximate surface area is 172 Å². The molecule has 0 saturated carbocycles. The first-order chi connectivity index (χ1) is 14.5. The molecule has 1 aliphatic rings. The molecule has 3 aromatic rings. The lowest BCUT2D eigenvalue weighted by molar-refractivity contribution is -0.129. The molecule has 0 bridgehead atoms. The fourth-order valence-electron chi connectivity index (χ4n) is 3.74. The van der Waals surface area contributed by atoms with Crippen LogP contribution in [0.15, 0.2) is 78.9 Å². The molecule has 0 aliphatic carbocycles. The number of carbonyl (C=O) groups excluding carboxylic acids is 2. The molecule has 1 aliphatic heterocycles. The standard InChI is InChI=1S/C24H19F2NO3/c25-19-11-9-16(10-12-19)21(18-7-4-8-20(26)13-18)14-23(28)27-22(15-30-24(27)29)17-5-2-1-3-6-17/h1-13,21-22H,14-15H2. The molecule has 2 amide bonds. The van der Waals surface area contributed by atoms with E-state index in [2.05, 4.69) is 0 Å². The first kappa shape index (κ1) is 19.8. The van der Waals surface area contributed by atoms with Gasteiger partial charge in [0.1, 0.15) is 24.3 Å². The number of nitrogens with zero attached hydrogens (tertiary/aromatic N) is 1. The quantitative estimate of drug-likeness (QED) is 0.584. The van der Waals surface area contributed by atoms with E-state index in [0.29, 0.717) is 11.1 Å². The summed E-state index contributed by atoms with van der Waals surface area (Å²) >= 11 is 0. The predicted octanol–water partition coefficient (Wildman–Crippen LogP) is 5.21. The maximum Gasteiger partial charge on any atom is 0.417 e. The van der Waals surface area contributed by atoms with E-state index in [-0.39, 0.29) is 13.0 Å². The van der Waals surface area contributed by atoms with Gasteiger partial charge in [0.15, 0.2) is 0 Å². The molecule has 4 rings (SSSR count). The second-order valence-corrected chi connectivity index (χ2v) is 7.13. The molecule has 152 valence electrons. The Hall–Kier alpha value is -3.54. The van der Waals surface area contributed by atoms with Gasteiger partial charge < -0.3 is 4.74 Å². The van der Waals surface area contributed by atoms with Crippen molar-refractivity contribution < 1.29 is 23.1 Å². The number of ether oxygens (including phenoxy) is 1. The van der Waals surface area contributed by atoms with Crippen molar-refractivity contribution in [1.29, 1.82) is 0 Å². The number of hydrogen-bond donors (Lipinski definition) is 0. The molecule has 3 aromatic carbocycles. The molecule has 1 heterocycles. The normalized spacial score (nSPS) is 16.9. The summed E-state index contributed by atoms with van der Waals surface area (Å²) in [6.07, 6.45) is -0.793. The lowest BCUT2D eigenvalue weighted by Crippen LogP contribution is -2.35. The second-order valence-electron chi connectivity index (χ2n) is 7.13. The Morgan fingerprint density at radius 3 is 2.37 bits per heavy atom. The maximum atomic E-state index is 13.9. The van der Waals surface area contributed by atoms with Gasteiger partial charge in [-0.2, -0.15) is 0 Å². The summed E-state index contributed by atoms with van der Waals surface area (Å²) in [5.74, 6) is -1.83. The number of amides is 2. The van der Waals surface area contributed by atoms with Crippen LogP contribution in [-0.2, 0) is 9.53 Å². The Kier molecular flexibility index (Phi) is 5.57. The van der Waals surface area contributed by atoms with E-state index in [1.807, 2.05) is 30.3 Å². The van der Waals surface area contributed by atoms with Gasteiger partial charge in [-0.05, 0) is 41.0 Å². The van der Waals surface area contributed by atoms with Crippen molar-refractivity contribution in [3.8, 4) is 0 Å². The number of hydrogen-bond acceptors (Lipinski definition) is 3. The monoisotopic (exact) mass is 407 g/mol. The number of imide groups is 1. The summed E-state index contributed by atoms with van der Waals surface area (Å²) in [5.41, 5.74) is 2.01. The summed E-state index contributed by atoms with van der Waals surface area (Å²) in [5, 5.41) is 0. The molecule has 30 heavy (non-hydrogen) atoms. The highest BCUT2D eigenvalue weighted by Gasteiger charge is 2.39. The molecule has 6 heteroatoms. The van der Waals surface area contributed by atoms with Crippen LogP contribution in [0.25, 0.3) is 0 Å². The minimum Gasteiger partial charge on any atom is -0.446 e. The molecule has 2 atom stereocenters. The summed E-state index contributed by atoms with van der Waals surface area (Å²) in [4.78, 5) is 26.6. The third-order valence-electron chi connectivity index (χ3n) is 5.23. The number of halogens is 2. The van der Waals surface area contributed by atoms with Gasteiger partial charge in [-0.3, -0.25) is 4.79 Å². The van der Waals surface area contributed by atoms with Gasteiger partial charge in [-0.25, -0.2) is 18.5 Å². The molecule has 1 fully saturated rings. The highest BCUT2D eigenvalue weighted by molar-refractivity contribution is 5.94. The van der Waals surface area contributed by atoms with Crippen LogP contribution in [-0.4, -0.2) is 23.5 Å². The molecule has 0 N–H and O–H groups in total. The third-order valence-corrected chi connectivity index (χ3v) is 5.23. The van der Waals surface area contributed by atoms with Crippen molar-refractivity contribution in [2.24, 2.45) is 0 Å². The molecule has 0 spiro atoms. The van der Waals surface area contributed by atoms with Crippen molar-refractivity contribution in [2.45, 2.75) is 18.4 Å². The molecular weight excluding hydrogens is 388 g/mol. The molecule has 0 aromatic heterocycles. The van der Waals surface area contributed by atoms with Crippen LogP contribution in [0.1, 0.15) is 35.1 Å². The highest BCUT2D eigenvalue weighted by Crippen LogP contribution is 2.33. The van der Waals surface area contributed by atoms with E-state index < -0.39 is 35.6 Å². The average Bonchev–Trinajstić information content (AvgIpc) is 3.15. The number of benzene rings is 3. The summed E-state index contributed by atoms with van der Waals surface area (Å²) in [6.45, 7) is 0.0791. The molecule has 1 saturated heterocycles. The summed E-state index contributed by atoms with van der Waals surface area (Å²) < 4.78 is 32.4. The van der Waals surface area contributed by atoms with Crippen molar-refractivity contribution in [3.05, 3.63) is 107 Å². The van der Waals surface area contributed by atoms with E-state index in [1.165, 1.54) is 24.3 Å². The van der Waals surface area contributed by atoms with Crippen LogP contribution in [0, 0.1) is 11.6 Å². The van der Waals surface area contributed by atoms with Gasteiger partial charge >= 0.3 is 6.09 Å². The third kappa shape index (κ3) is 4.08. The largest absolute Gasteiger partial charge is 0.446 e. The molecule has 4 nitrogen and oxygen atoms in total. The number of rotatable bonds is 5. The van der Waals surface area contributed by atoms with E-state index in [0.717, 1.165) is 10.5 Å². The average molecular weight is 407 g/mol. The fourth-order valence-corrected chi connectivity index (χ4v) is 3.74. The van der Waals surface area contributed by atoms with Gasteiger partial charge in [-0.15, -0.1) is 0 Å². The van der Waals surface area contributed by atoms with Crippen molar-refractivity contribution in [1.82, 2.24) is 4.90 Å². The Balaban J connectivity index is 1.65. The van der Waals surface area contributed by atoms with Gasteiger partial charge in [-0.1, -0.05) is 54.6 Å². The van der Waals surface area contributed by atoms with Crippen molar-refractivity contribution in [3.63, 3.8) is 0 Å². The lowest BCUT2D eigenvalue weighted by atomic mass is 9.88. The van der Waals surface area contributed by atoms with E-state index in [4.69, 9.17) is 4.74 Å². The summed E-state index contributed by atoms with van der Waals surface area (Å²) in [6, 6.07) is 20.3. The zero-order chi connectivity index (χ0) is 21.1. The second kappa shape index (κ2) is 8.45. The van der Waals surface area contributed by atoms with Crippen LogP contribution < -0.4 is 0 Å².